The topological polar surface area (TPSA) is 40.5 Å². The summed E-state index contributed by atoms with van der Waals surface area (Å²) in [7, 11) is 0. The number of rotatable bonds is 11. The van der Waals surface area contributed by atoms with Gasteiger partial charge in [-0.05, 0) is 184 Å². The molecule has 318 valence electrons. The van der Waals surface area contributed by atoms with Crippen LogP contribution in [0.2, 0.25) is 0 Å². The summed E-state index contributed by atoms with van der Waals surface area (Å²) in [5.74, 6) is 8.83. The lowest BCUT2D eigenvalue weighted by Gasteiger charge is -2.58. The van der Waals surface area contributed by atoms with Crippen LogP contribution in [-0.2, 0) is 0 Å². The van der Waals surface area contributed by atoms with Gasteiger partial charge in [0.05, 0.1) is 12.2 Å². The molecule has 0 bridgehead atoms. The van der Waals surface area contributed by atoms with Gasteiger partial charge in [0.1, 0.15) is 0 Å². The van der Waals surface area contributed by atoms with Crippen LogP contribution in [0.5, 0.6) is 0 Å². The van der Waals surface area contributed by atoms with E-state index in [-0.39, 0.29) is 12.2 Å². The molecular formula is C54H90O2. The first kappa shape index (κ1) is 44.4. The molecule has 7 rings (SSSR count). The van der Waals surface area contributed by atoms with Gasteiger partial charge in [-0.25, -0.2) is 0 Å². The summed E-state index contributed by atoms with van der Waals surface area (Å²) < 4.78 is 0. The Morgan fingerprint density at radius 2 is 1.32 bits per heavy atom. The lowest BCUT2D eigenvalue weighted by atomic mass is 9.47. The van der Waals surface area contributed by atoms with Crippen LogP contribution >= 0.6 is 0 Å². The molecule has 10 unspecified atom stereocenters. The smallest absolute Gasteiger partial charge is 0.0583 e. The molecule has 0 spiro atoms. The lowest BCUT2D eigenvalue weighted by Crippen LogP contribution is -2.50. The molecule has 0 aromatic heterocycles. The minimum atomic E-state index is -0.172. The van der Waals surface area contributed by atoms with Gasteiger partial charge in [-0.2, -0.15) is 0 Å². The van der Waals surface area contributed by atoms with Gasteiger partial charge in [0, 0.05) is 0 Å². The average molecular weight is 771 g/mol. The van der Waals surface area contributed by atoms with Crippen LogP contribution in [0.1, 0.15) is 204 Å². The number of aliphatic hydroxyl groups is 2. The van der Waals surface area contributed by atoms with Crippen molar-refractivity contribution in [3.63, 3.8) is 0 Å². The first-order valence-electron chi connectivity index (χ1n) is 24.7. The van der Waals surface area contributed by atoms with Crippen molar-refractivity contribution >= 4 is 0 Å². The summed E-state index contributed by atoms with van der Waals surface area (Å²) in [5, 5.41) is 20.2. The van der Waals surface area contributed by atoms with Gasteiger partial charge in [-0.3, -0.25) is 0 Å². The Morgan fingerprint density at radius 1 is 0.679 bits per heavy atom. The minimum absolute atomic E-state index is 0.0766. The third-order valence-electron chi connectivity index (χ3n) is 18.6. The SMILES string of the molecule is C=C1CCC(O)C/C1=C/C=C1\CCCC2(C)[C@@H]([C@H](C)CCCC(C)C)CC[C@@H]12.CC(C)CCCC(C)C1CCC2C3CC=C4CC(O)CCC4(C)C3CCC12C. The van der Waals surface area contributed by atoms with Crippen molar-refractivity contribution in [2.45, 2.75) is 216 Å². The number of fused-ring (bicyclic) bond motifs is 6. The van der Waals surface area contributed by atoms with Crippen LogP contribution in [0.15, 0.2) is 47.1 Å². The second-order valence-electron chi connectivity index (χ2n) is 23.0. The van der Waals surface area contributed by atoms with Gasteiger partial charge in [-0.15, -0.1) is 0 Å². The van der Waals surface area contributed by atoms with Gasteiger partial charge >= 0.3 is 0 Å². The Morgan fingerprint density at radius 3 is 2.00 bits per heavy atom. The zero-order valence-electron chi connectivity index (χ0n) is 38.3. The van der Waals surface area contributed by atoms with E-state index in [0.717, 1.165) is 91.3 Å². The summed E-state index contributed by atoms with van der Waals surface area (Å²) in [4.78, 5) is 0. The molecule has 7 aliphatic rings. The van der Waals surface area contributed by atoms with E-state index in [1.165, 1.54) is 120 Å². The molecule has 56 heavy (non-hydrogen) atoms. The van der Waals surface area contributed by atoms with Crippen molar-refractivity contribution in [3.8, 4) is 0 Å². The van der Waals surface area contributed by atoms with Crippen molar-refractivity contribution < 1.29 is 10.2 Å². The van der Waals surface area contributed by atoms with E-state index in [1.54, 1.807) is 11.1 Å². The predicted molar refractivity (Wildman–Crippen MR) is 240 cm³/mol. The van der Waals surface area contributed by atoms with E-state index >= 15 is 0 Å². The van der Waals surface area contributed by atoms with E-state index in [0.29, 0.717) is 16.2 Å². The maximum absolute atomic E-state index is 10.2. The average Bonchev–Trinajstić information content (AvgIpc) is 3.69. The van der Waals surface area contributed by atoms with E-state index in [9.17, 15) is 10.2 Å². The van der Waals surface area contributed by atoms with Crippen LogP contribution in [0.4, 0.5) is 0 Å². The molecule has 0 aromatic carbocycles. The van der Waals surface area contributed by atoms with Gasteiger partial charge < -0.3 is 10.2 Å². The van der Waals surface area contributed by atoms with Crippen molar-refractivity contribution in [1.82, 2.24) is 0 Å². The van der Waals surface area contributed by atoms with Crippen molar-refractivity contribution in [2.75, 3.05) is 0 Å². The molecule has 2 heteroatoms. The zero-order chi connectivity index (χ0) is 40.4. The number of hydrogen-bond donors (Lipinski definition) is 2. The number of hydrogen-bond acceptors (Lipinski definition) is 2. The Hall–Kier alpha value is -1.12. The summed E-state index contributed by atoms with van der Waals surface area (Å²) >= 11 is 0. The monoisotopic (exact) mass is 771 g/mol. The molecule has 7 aliphatic carbocycles. The molecule has 0 radical (unpaired) electrons. The fourth-order valence-corrected chi connectivity index (χ4v) is 15.3. The predicted octanol–water partition coefficient (Wildman–Crippen LogP) is 15.0. The van der Waals surface area contributed by atoms with Crippen LogP contribution in [-0.4, -0.2) is 22.4 Å². The standard InChI is InChI=1S/C27H46O.C27H44O/c1-18(2)7-6-8-19(3)23-11-12-24-22-10-9-20-17-21(28)13-15-26(20,4)25(22)14-16-27(23,24)5;1-19(2)8-6-9-21(4)25-15-16-26-22(10-7-17-27(25,26)5)12-13-23-18-24(28)14-11-20(23)3/h9,18-19,21-25,28H,6-8,10-17H2,1-5H3;12-13,19,21,24-26,28H,3,6-11,14-18H2,1-2,4-5H3/b;22-12+,23-13-/t;21-,24?,25-,26+,27?/m.1/s1. The molecule has 0 amide bonds. The van der Waals surface area contributed by atoms with E-state index in [1.807, 2.05) is 0 Å². The molecule has 0 aromatic rings. The van der Waals surface area contributed by atoms with Crippen molar-refractivity contribution in [1.29, 1.82) is 0 Å². The fraction of sp³-hybridized carbons (Fsp3) is 0.852. The Bertz CT molecular complexity index is 1410. The highest BCUT2D eigenvalue weighted by Gasteiger charge is 2.59. The highest BCUT2D eigenvalue weighted by atomic mass is 16.3. The highest BCUT2D eigenvalue weighted by Crippen LogP contribution is 2.67. The third kappa shape index (κ3) is 9.43. The minimum Gasteiger partial charge on any atom is -0.393 e. The van der Waals surface area contributed by atoms with Gasteiger partial charge in [0.25, 0.3) is 0 Å². The summed E-state index contributed by atoms with van der Waals surface area (Å²) in [5.41, 5.74) is 7.32. The van der Waals surface area contributed by atoms with Gasteiger partial charge in [0.2, 0.25) is 0 Å². The molecule has 2 nitrogen and oxygen atoms in total. The number of allylic oxidation sites excluding steroid dienone is 5. The van der Waals surface area contributed by atoms with Crippen molar-refractivity contribution in [2.24, 2.45) is 75.4 Å². The van der Waals surface area contributed by atoms with Crippen LogP contribution in [0.3, 0.4) is 0 Å². The normalized spacial score (nSPS) is 42.1. The third-order valence-corrected chi connectivity index (χ3v) is 18.6. The largest absolute Gasteiger partial charge is 0.393 e. The first-order valence-corrected chi connectivity index (χ1v) is 24.7. The second-order valence-corrected chi connectivity index (χ2v) is 23.0. The summed E-state index contributed by atoms with van der Waals surface area (Å²) in [6.45, 7) is 26.7. The molecule has 0 heterocycles. The van der Waals surface area contributed by atoms with Crippen LogP contribution in [0.25, 0.3) is 0 Å². The molecule has 0 saturated heterocycles. The quantitative estimate of drug-likeness (QED) is 0.205. The first-order chi connectivity index (χ1) is 26.6. The highest BCUT2D eigenvalue weighted by molar-refractivity contribution is 5.36. The van der Waals surface area contributed by atoms with Crippen LogP contribution < -0.4 is 0 Å². The Kier molecular flexibility index (Phi) is 14.8. The summed E-state index contributed by atoms with van der Waals surface area (Å²) in [6, 6.07) is 0. The Balaban J connectivity index is 0.000000190. The van der Waals surface area contributed by atoms with E-state index in [2.05, 4.69) is 87.1 Å². The summed E-state index contributed by atoms with van der Waals surface area (Å²) in [6.07, 6.45) is 35.4. The molecule has 13 atom stereocenters. The van der Waals surface area contributed by atoms with Crippen molar-refractivity contribution in [3.05, 3.63) is 47.1 Å². The van der Waals surface area contributed by atoms with E-state index < -0.39 is 0 Å². The second kappa shape index (κ2) is 18.7. The lowest BCUT2D eigenvalue weighted by molar-refractivity contribution is -0.0573. The van der Waals surface area contributed by atoms with E-state index in [4.69, 9.17) is 0 Å². The molecule has 6 saturated carbocycles. The fourth-order valence-electron chi connectivity index (χ4n) is 15.3. The Labute approximate surface area is 347 Å². The number of aliphatic hydroxyl groups excluding tert-OH is 2. The maximum Gasteiger partial charge on any atom is 0.0583 e. The molecular weight excluding hydrogens is 681 g/mol. The van der Waals surface area contributed by atoms with Crippen LogP contribution in [0, 0.1) is 75.4 Å². The molecule has 2 N–H and O–H groups in total. The zero-order valence-corrected chi connectivity index (χ0v) is 38.3. The molecule has 6 fully saturated rings. The molecule has 0 aliphatic heterocycles. The van der Waals surface area contributed by atoms with Gasteiger partial charge in [-0.1, -0.05) is 142 Å². The van der Waals surface area contributed by atoms with Gasteiger partial charge in [0.15, 0.2) is 0 Å². The maximum atomic E-state index is 10.2.